The molecule has 0 saturated heterocycles. The minimum absolute atomic E-state index is 0.0360. The summed E-state index contributed by atoms with van der Waals surface area (Å²) in [6.07, 6.45) is 2.96. The first-order valence-electron chi connectivity index (χ1n) is 4.75. The molecular formula is C11H16N2O2. The Bertz CT molecular complexity index is 439. The molecule has 82 valence electrons. The number of hydrogen-bond acceptors (Lipinski definition) is 3. The van der Waals surface area contributed by atoms with Crippen molar-refractivity contribution in [2.75, 3.05) is 7.05 Å². The molecule has 1 aromatic heterocycles. The Labute approximate surface area is 88.9 Å². The Hall–Kier alpha value is -1.58. The molecule has 0 bridgehead atoms. The highest BCUT2D eigenvalue weighted by atomic mass is 16.3. The normalized spacial score (nSPS) is 12.3. The summed E-state index contributed by atoms with van der Waals surface area (Å²) in [6.45, 7) is 5.79. The Kier molecular flexibility index (Phi) is 2.98. The molecule has 0 aliphatic heterocycles. The molecule has 0 amide bonds. The second kappa shape index (κ2) is 3.88. The van der Waals surface area contributed by atoms with E-state index in [0.29, 0.717) is 0 Å². The molecule has 4 heteroatoms. The van der Waals surface area contributed by atoms with Gasteiger partial charge < -0.3 is 9.67 Å². The minimum Gasteiger partial charge on any atom is -0.507 e. The largest absolute Gasteiger partial charge is 0.507 e. The lowest BCUT2D eigenvalue weighted by atomic mass is 10.1. The SMILES string of the molecule is CN=Cc1c(O)ccn(C(C)(C)C)c1=O. The van der Waals surface area contributed by atoms with Gasteiger partial charge in [0.2, 0.25) is 0 Å². The first kappa shape index (κ1) is 11.5. The molecule has 0 atom stereocenters. The van der Waals surface area contributed by atoms with Gasteiger partial charge in [0.15, 0.2) is 0 Å². The molecule has 1 N–H and O–H groups in total. The van der Waals surface area contributed by atoms with E-state index < -0.39 is 0 Å². The summed E-state index contributed by atoms with van der Waals surface area (Å²) < 4.78 is 1.57. The molecule has 0 fully saturated rings. The van der Waals surface area contributed by atoms with Crippen LogP contribution in [0.2, 0.25) is 0 Å². The van der Waals surface area contributed by atoms with Gasteiger partial charge in [0, 0.05) is 25.0 Å². The number of aliphatic imine (C=N–C) groups is 1. The Balaban J connectivity index is 3.49. The fraction of sp³-hybridized carbons (Fsp3) is 0.455. The van der Waals surface area contributed by atoms with E-state index in [2.05, 4.69) is 4.99 Å². The van der Waals surface area contributed by atoms with Crippen LogP contribution in [0.1, 0.15) is 26.3 Å². The highest BCUT2D eigenvalue weighted by Crippen LogP contribution is 2.15. The lowest BCUT2D eigenvalue weighted by Gasteiger charge is -2.22. The summed E-state index contributed by atoms with van der Waals surface area (Å²) in [5.41, 5.74) is -0.302. The highest BCUT2D eigenvalue weighted by Gasteiger charge is 2.17. The van der Waals surface area contributed by atoms with Crippen LogP contribution in [0.3, 0.4) is 0 Å². The van der Waals surface area contributed by atoms with Crippen molar-refractivity contribution in [3.8, 4) is 5.75 Å². The maximum absolute atomic E-state index is 11.9. The van der Waals surface area contributed by atoms with E-state index in [4.69, 9.17) is 0 Å². The van der Waals surface area contributed by atoms with Crippen molar-refractivity contribution in [1.29, 1.82) is 0 Å². The minimum atomic E-state index is -0.304. The van der Waals surface area contributed by atoms with Gasteiger partial charge in [-0.3, -0.25) is 9.79 Å². The number of rotatable bonds is 1. The maximum Gasteiger partial charge on any atom is 0.263 e. The van der Waals surface area contributed by atoms with E-state index >= 15 is 0 Å². The zero-order chi connectivity index (χ0) is 11.6. The van der Waals surface area contributed by atoms with Gasteiger partial charge in [-0.2, -0.15) is 0 Å². The number of aromatic hydroxyl groups is 1. The monoisotopic (exact) mass is 208 g/mol. The number of hydrogen-bond donors (Lipinski definition) is 1. The first-order chi connectivity index (χ1) is 6.88. The van der Waals surface area contributed by atoms with Gasteiger partial charge in [-0.05, 0) is 26.8 Å². The van der Waals surface area contributed by atoms with Gasteiger partial charge in [-0.1, -0.05) is 0 Å². The smallest absolute Gasteiger partial charge is 0.263 e. The number of nitrogens with zero attached hydrogens (tertiary/aromatic N) is 2. The quantitative estimate of drug-likeness (QED) is 0.708. The zero-order valence-corrected chi connectivity index (χ0v) is 9.48. The van der Waals surface area contributed by atoms with E-state index in [1.165, 1.54) is 12.3 Å². The van der Waals surface area contributed by atoms with Crippen LogP contribution in [0.25, 0.3) is 0 Å². The van der Waals surface area contributed by atoms with Crippen LogP contribution in [0, 0.1) is 0 Å². The molecule has 0 aliphatic carbocycles. The summed E-state index contributed by atoms with van der Waals surface area (Å²) in [5.74, 6) is -0.0360. The zero-order valence-electron chi connectivity index (χ0n) is 9.48. The second-order valence-electron chi connectivity index (χ2n) is 4.35. The van der Waals surface area contributed by atoms with Crippen molar-refractivity contribution in [1.82, 2.24) is 4.57 Å². The summed E-state index contributed by atoms with van der Waals surface area (Å²) >= 11 is 0. The topological polar surface area (TPSA) is 54.6 Å². The standard InChI is InChI=1S/C11H16N2O2/c1-11(2,3)13-6-5-9(14)8(7-12-4)10(13)15/h5-7,14H,1-4H3. The van der Waals surface area contributed by atoms with Crippen LogP contribution in [-0.2, 0) is 5.54 Å². The Morgan fingerprint density at radius 3 is 2.53 bits per heavy atom. The molecular weight excluding hydrogens is 192 g/mol. The predicted molar refractivity (Wildman–Crippen MR) is 60.9 cm³/mol. The predicted octanol–water partition coefficient (Wildman–Crippen LogP) is 1.36. The third-order valence-corrected chi connectivity index (χ3v) is 2.09. The van der Waals surface area contributed by atoms with Crippen LogP contribution < -0.4 is 5.56 Å². The van der Waals surface area contributed by atoms with Crippen molar-refractivity contribution in [2.45, 2.75) is 26.3 Å². The number of pyridine rings is 1. The van der Waals surface area contributed by atoms with E-state index in [-0.39, 0.29) is 22.4 Å². The molecule has 1 heterocycles. The maximum atomic E-state index is 11.9. The highest BCUT2D eigenvalue weighted by molar-refractivity contribution is 5.82. The van der Waals surface area contributed by atoms with E-state index in [1.807, 2.05) is 20.8 Å². The molecule has 0 radical (unpaired) electrons. The fourth-order valence-electron chi connectivity index (χ4n) is 1.32. The average Bonchev–Trinajstić information content (AvgIpc) is 2.09. The van der Waals surface area contributed by atoms with Gasteiger partial charge in [0.1, 0.15) is 5.75 Å². The summed E-state index contributed by atoms with van der Waals surface area (Å²) in [5, 5.41) is 9.51. The van der Waals surface area contributed by atoms with Crippen LogP contribution in [-0.4, -0.2) is 22.9 Å². The second-order valence-corrected chi connectivity index (χ2v) is 4.35. The average molecular weight is 208 g/mol. The fourth-order valence-corrected chi connectivity index (χ4v) is 1.32. The molecule has 0 aliphatic rings. The third kappa shape index (κ3) is 2.26. The molecule has 0 aromatic carbocycles. The lowest BCUT2D eigenvalue weighted by Crippen LogP contribution is -2.34. The summed E-state index contributed by atoms with van der Waals surface area (Å²) in [7, 11) is 1.56. The summed E-state index contributed by atoms with van der Waals surface area (Å²) in [6, 6.07) is 1.50. The first-order valence-corrected chi connectivity index (χ1v) is 4.75. The van der Waals surface area contributed by atoms with E-state index in [0.717, 1.165) is 0 Å². The van der Waals surface area contributed by atoms with Crippen molar-refractivity contribution in [2.24, 2.45) is 4.99 Å². The van der Waals surface area contributed by atoms with E-state index in [9.17, 15) is 9.90 Å². The van der Waals surface area contributed by atoms with Crippen molar-refractivity contribution < 1.29 is 5.11 Å². The van der Waals surface area contributed by atoms with Crippen LogP contribution >= 0.6 is 0 Å². The van der Waals surface area contributed by atoms with Crippen molar-refractivity contribution in [3.63, 3.8) is 0 Å². The molecule has 0 unspecified atom stereocenters. The van der Waals surface area contributed by atoms with Crippen LogP contribution in [0.15, 0.2) is 22.1 Å². The van der Waals surface area contributed by atoms with Gasteiger partial charge in [0.05, 0.1) is 5.56 Å². The molecule has 15 heavy (non-hydrogen) atoms. The third-order valence-electron chi connectivity index (χ3n) is 2.09. The van der Waals surface area contributed by atoms with Gasteiger partial charge >= 0.3 is 0 Å². The molecule has 1 rings (SSSR count). The van der Waals surface area contributed by atoms with Gasteiger partial charge in [-0.25, -0.2) is 0 Å². The van der Waals surface area contributed by atoms with E-state index in [1.54, 1.807) is 17.8 Å². The Morgan fingerprint density at radius 2 is 2.07 bits per heavy atom. The molecule has 0 saturated carbocycles. The molecule has 0 spiro atoms. The van der Waals surface area contributed by atoms with Crippen molar-refractivity contribution in [3.05, 3.63) is 28.2 Å². The Morgan fingerprint density at radius 1 is 1.47 bits per heavy atom. The van der Waals surface area contributed by atoms with Crippen LogP contribution in [0.5, 0.6) is 5.75 Å². The lowest BCUT2D eigenvalue weighted by molar-refractivity contribution is 0.379. The number of aromatic nitrogens is 1. The van der Waals surface area contributed by atoms with Gasteiger partial charge in [0.25, 0.3) is 5.56 Å². The van der Waals surface area contributed by atoms with Gasteiger partial charge in [-0.15, -0.1) is 0 Å². The molecule has 4 nitrogen and oxygen atoms in total. The molecule has 1 aromatic rings. The summed E-state index contributed by atoms with van der Waals surface area (Å²) in [4.78, 5) is 15.7. The van der Waals surface area contributed by atoms with Crippen LogP contribution in [0.4, 0.5) is 0 Å². The van der Waals surface area contributed by atoms with Crippen molar-refractivity contribution >= 4 is 6.21 Å².